The number of aliphatic hydroxyl groups is 1. The molecular weight excluding hydrogens is 426 g/mol. The van der Waals surface area contributed by atoms with Crippen LogP contribution in [0.1, 0.15) is 60.3 Å². The van der Waals surface area contributed by atoms with Gasteiger partial charge in [-0.2, -0.15) is 0 Å². The largest absolute Gasteiger partial charge is 0.393 e. The normalized spacial score (nSPS) is 43.9. The van der Waals surface area contributed by atoms with Crippen molar-refractivity contribution in [3.05, 3.63) is 36.5 Å². The molecule has 0 aromatic carbocycles. The van der Waals surface area contributed by atoms with Gasteiger partial charge in [0.05, 0.1) is 12.6 Å². The minimum absolute atomic E-state index is 0.00434. The molecule has 0 radical (unpaired) electrons. The molecule has 10 unspecified atom stereocenters. The van der Waals surface area contributed by atoms with Crippen LogP contribution in [0.3, 0.4) is 0 Å². The topological polar surface area (TPSA) is 83.5 Å². The van der Waals surface area contributed by atoms with Crippen molar-refractivity contribution in [2.45, 2.75) is 66.4 Å². The van der Waals surface area contributed by atoms with E-state index in [-0.39, 0.29) is 35.9 Å². The first kappa shape index (κ1) is 25.1. The Bertz CT molecular complexity index is 916. The van der Waals surface area contributed by atoms with E-state index in [9.17, 15) is 19.5 Å². The SMILES string of the molecule is CCC(O)C(C)C=CC=CC1CC2C=CC3CC(C)CC(C)C3C2(C)C(=O)C12C(=O)CNC2=O. The van der Waals surface area contributed by atoms with Gasteiger partial charge in [0.1, 0.15) is 0 Å². The Hall–Kier alpha value is -2.01. The lowest BCUT2D eigenvalue weighted by Crippen LogP contribution is -2.65. The summed E-state index contributed by atoms with van der Waals surface area (Å²) in [5.41, 5.74) is -2.33. The molecule has 0 bridgehead atoms. The molecule has 34 heavy (non-hydrogen) atoms. The molecule has 3 fully saturated rings. The maximum absolute atomic E-state index is 14.5. The summed E-state index contributed by atoms with van der Waals surface area (Å²) in [5, 5.41) is 12.7. The molecule has 5 nitrogen and oxygen atoms in total. The van der Waals surface area contributed by atoms with Gasteiger partial charge >= 0.3 is 0 Å². The number of ketones is 2. The summed E-state index contributed by atoms with van der Waals surface area (Å²) in [6.45, 7) is 10.4. The van der Waals surface area contributed by atoms with E-state index in [0.29, 0.717) is 30.6 Å². The predicted octanol–water partition coefficient (Wildman–Crippen LogP) is 4.27. The molecule has 186 valence electrons. The maximum atomic E-state index is 14.5. The minimum atomic E-state index is -1.62. The number of rotatable bonds is 5. The van der Waals surface area contributed by atoms with Crippen molar-refractivity contribution >= 4 is 17.5 Å². The molecule has 1 heterocycles. The first-order valence-electron chi connectivity index (χ1n) is 13.2. The van der Waals surface area contributed by atoms with Gasteiger partial charge in [0.2, 0.25) is 5.91 Å². The maximum Gasteiger partial charge on any atom is 0.242 e. The lowest BCUT2D eigenvalue weighted by Gasteiger charge is -2.58. The van der Waals surface area contributed by atoms with E-state index in [0.717, 1.165) is 12.8 Å². The Balaban J connectivity index is 1.72. The zero-order valence-corrected chi connectivity index (χ0v) is 21.3. The van der Waals surface area contributed by atoms with Crippen molar-refractivity contribution in [1.29, 1.82) is 0 Å². The molecule has 5 heteroatoms. The van der Waals surface area contributed by atoms with Crippen LogP contribution in [0.15, 0.2) is 36.5 Å². The Morgan fingerprint density at radius 1 is 1.15 bits per heavy atom. The fraction of sp³-hybridized carbons (Fsp3) is 0.690. The van der Waals surface area contributed by atoms with E-state index >= 15 is 0 Å². The molecule has 0 aromatic rings. The molecule has 1 saturated heterocycles. The zero-order valence-electron chi connectivity index (χ0n) is 21.3. The number of carbonyl (C=O) groups is 3. The number of amides is 1. The lowest BCUT2D eigenvalue weighted by molar-refractivity contribution is -0.168. The fourth-order valence-electron chi connectivity index (χ4n) is 7.89. The number of nitrogens with one attached hydrogen (secondary N) is 1. The number of hydrogen-bond acceptors (Lipinski definition) is 4. The third-order valence-corrected chi connectivity index (χ3v) is 9.59. The van der Waals surface area contributed by atoms with E-state index in [4.69, 9.17) is 0 Å². The smallest absolute Gasteiger partial charge is 0.242 e. The summed E-state index contributed by atoms with van der Waals surface area (Å²) in [4.78, 5) is 41.1. The fourth-order valence-corrected chi connectivity index (χ4v) is 7.89. The quantitative estimate of drug-likeness (QED) is 0.359. The number of aliphatic hydroxyl groups excluding tert-OH is 1. The molecule has 3 aliphatic carbocycles. The third-order valence-electron chi connectivity index (χ3n) is 9.59. The first-order valence-corrected chi connectivity index (χ1v) is 13.2. The number of hydrogen-bond donors (Lipinski definition) is 2. The highest BCUT2D eigenvalue weighted by Crippen LogP contribution is 2.62. The van der Waals surface area contributed by atoms with E-state index in [1.807, 2.05) is 45.1 Å². The van der Waals surface area contributed by atoms with Gasteiger partial charge in [0.25, 0.3) is 0 Å². The van der Waals surface area contributed by atoms with Crippen molar-refractivity contribution in [3.8, 4) is 0 Å². The van der Waals surface area contributed by atoms with Gasteiger partial charge in [-0.15, -0.1) is 0 Å². The van der Waals surface area contributed by atoms with Gasteiger partial charge in [-0.3, -0.25) is 14.4 Å². The zero-order chi connectivity index (χ0) is 24.8. The average Bonchev–Trinajstić information content (AvgIpc) is 3.09. The highest BCUT2D eigenvalue weighted by molar-refractivity contribution is 6.30. The second-order valence-corrected chi connectivity index (χ2v) is 11.7. The highest BCUT2D eigenvalue weighted by Gasteiger charge is 2.70. The van der Waals surface area contributed by atoms with Gasteiger partial charge in [-0.05, 0) is 55.3 Å². The van der Waals surface area contributed by atoms with Crippen LogP contribution in [0.25, 0.3) is 0 Å². The summed E-state index contributed by atoms with van der Waals surface area (Å²) in [6.07, 6.45) is 15.1. The van der Waals surface area contributed by atoms with Crippen molar-refractivity contribution in [1.82, 2.24) is 5.32 Å². The van der Waals surface area contributed by atoms with Crippen LogP contribution in [0, 0.1) is 52.3 Å². The average molecular weight is 468 g/mol. The molecule has 4 rings (SSSR count). The number of fused-ring (bicyclic) bond motifs is 3. The Kier molecular flexibility index (Phi) is 6.80. The predicted molar refractivity (Wildman–Crippen MR) is 133 cm³/mol. The summed E-state index contributed by atoms with van der Waals surface area (Å²) in [6, 6.07) is 0. The van der Waals surface area contributed by atoms with E-state index < -0.39 is 28.8 Å². The van der Waals surface area contributed by atoms with Gasteiger partial charge in [-0.1, -0.05) is 71.1 Å². The molecule has 1 aliphatic heterocycles. The van der Waals surface area contributed by atoms with Crippen molar-refractivity contribution < 1.29 is 19.5 Å². The molecule has 2 saturated carbocycles. The Morgan fingerprint density at radius 3 is 2.53 bits per heavy atom. The van der Waals surface area contributed by atoms with E-state index in [2.05, 4.69) is 31.3 Å². The number of carbonyl (C=O) groups excluding carboxylic acids is 3. The lowest BCUT2D eigenvalue weighted by atomic mass is 9.42. The summed E-state index contributed by atoms with van der Waals surface area (Å²) >= 11 is 0. The Morgan fingerprint density at radius 2 is 1.88 bits per heavy atom. The number of Topliss-reactive ketones (excluding diaryl/α,β-unsaturated/α-hetero) is 2. The van der Waals surface area contributed by atoms with Crippen molar-refractivity contribution in [2.24, 2.45) is 52.3 Å². The van der Waals surface area contributed by atoms with Crippen molar-refractivity contribution in [3.63, 3.8) is 0 Å². The third kappa shape index (κ3) is 3.66. The second kappa shape index (κ2) is 9.22. The summed E-state index contributed by atoms with van der Waals surface area (Å²) < 4.78 is 0. The van der Waals surface area contributed by atoms with Crippen LogP contribution in [-0.2, 0) is 14.4 Å². The highest BCUT2D eigenvalue weighted by atomic mass is 16.3. The van der Waals surface area contributed by atoms with Gasteiger partial charge in [0, 0.05) is 17.3 Å². The van der Waals surface area contributed by atoms with E-state index in [1.54, 1.807) is 0 Å². The van der Waals surface area contributed by atoms with Gasteiger partial charge in [-0.25, -0.2) is 0 Å². The van der Waals surface area contributed by atoms with Gasteiger partial charge in [0.15, 0.2) is 17.0 Å². The standard InChI is InChI=1S/C29H41NO4/c1-6-23(31)18(3)9-7-8-10-22-15-21-12-11-20-14-17(2)13-19(4)25(20)28(21,5)26(33)29(22)24(32)16-30-27(29)34/h7-12,17-23,25,31H,6,13-16H2,1-5H3,(H,30,34). The number of allylic oxidation sites excluding steroid dienone is 5. The molecule has 10 atom stereocenters. The molecule has 0 aromatic heterocycles. The van der Waals surface area contributed by atoms with Crippen LogP contribution in [0.2, 0.25) is 0 Å². The Labute approximate surface area is 204 Å². The molecule has 1 amide bonds. The minimum Gasteiger partial charge on any atom is -0.393 e. The molecule has 4 aliphatic rings. The second-order valence-electron chi connectivity index (χ2n) is 11.7. The summed E-state index contributed by atoms with van der Waals surface area (Å²) in [5.74, 6) is 0.153. The van der Waals surface area contributed by atoms with Crippen LogP contribution in [0.4, 0.5) is 0 Å². The van der Waals surface area contributed by atoms with Crippen molar-refractivity contribution in [2.75, 3.05) is 6.54 Å². The summed E-state index contributed by atoms with van der Waals surface area (Å²) in [7, 11) is 0. The van der Waals surface area contributed by atoms with Crippen LogP contribution in [0.5, 0.6) is 0 Å². The van der Waals surface area contributed by atoms with Crippen LogP contribution >= 0.6 is 0 Å². The molecule has 2 N–H and O–H groups in total. The molecule has 1 spiro atoms. The van der Waals surface area contributed by atoms with Crippen LogP contribution in [-0.4, -0.2) is 35.2 Å². The monoisotopic (exact) mass is 467 g/mol. The molecular formula is C29H41NO4. The first-order chi connectivity index (χ1) is 16.1. The van der Waals surface area contributed by atoms with E-state index in [1.165, 1.54) is 0 Å². The van der Waals surface area contributed by atoms with Crippen LogP contribution < -0.4 is 5.32 Å². The van der Waals surface area contributed by atoms with Gasteiger partial charge < -0.3 is 10.4 Å².